The number of thiazole rings is 1. The van der Waals surface area contributed by atoms with Crippen molar-refractivity contribution in [3.8, 4) is 17.2 Å². The Bertz CT molecular complexity index is 1290. The number of rotatable bonds is 8. The van der Waals surface area contributed by atoms with Crippen LogP contribution in [-0.4, -0.2) is 56.1 Å². The standard InChI is InChI=1S/C26H27F2N3O5S/c1-34-21-7-6-18(22(35-2)23(21)36-3)26(33)31-10-8-15(9-11-31)25-30-20(14-37-25)24(32)29-13-16-4-5-17(27)12-19(16)28/h4-7,12,14-15H,8-11,13H2,1-3H3,(H,29,32). The number of carbonyl (C=O) groups excluding carboxylic acids is 2. The molecule has 8 nitrogen and oxygen atoms in total. The van der Waals surface area contributed by atoms with Gasteiger partial charge in [0.2, 0.25) is 5.75 Å². The highest BCUT2D eigenvalue weighted by molar-refractivity contribution is 7.09. The predicted molar refractivity (Wildman–Crippen MR) is 134 cm³/mol. The van der Waals surface area contributed by atoms with Gasteiger partial charge < -0.3 is 24.4 Å². The molecular formula is C26H27F2N3O5S. The van der Waals surface area contributed by atoms with E-state index in [9.17, 15) is 18.4 Å². The molecule has 2 aromatic carbocycles. The molecule has 4 rings (SSSR count). The van der Waals surface area contributed by atoms with Gasteiger partial charge >= 0.3 is 0 Å². The molecule has 0 radical (unpaired) electrons. The van der Waals surface area contributed by atoms with Crippen LogP contribution in [0.4, 0.5) is 8.78 Å². The molecule has 1 aromatic heterocycles. The number of likely N-dealkylation sites (tertiary alicyclic amines) is 1. The molecule has 1 N–H and O–H groups in total. The van der Waals surface area contributed by atoms with Crippen LogP contribution in [-0.2, 0) is 6.54 Å². The van der Waals surface area contributed by atoms with E-state index in [4.69, 9.17) is 14.2 Å². The van der Waals surface area contributed by atoms with Gasteiger partial charge in [-0.15, -0.1) is 11.3 Å². The van der Waals surface area contributed by atoms with E-state index in [2.05, 4.69) is 10.3 Å². The number of nitrogens with zero attached hydrogens (tertiary/aromatic N) is 2. The molecule has 2 amide bonds. The summed E-state index contributed by atoms with van der Waals surface area (Å²) in [5, 5.41) is 5.10. The Kier molecular flexibility index (Phi) is 8.22. The van der Waals surface area contributed by atoms with Crippen molar-refractivity contribution in [3.63, 3.8) is 0 Å². The van der Waals surface area contributed by atoms with Crippen molar-refractivity contribution in [3.05, 3.63) is 69.2 Å². The number of carbonyl (C=O) groups is 2. The van der Waals surface area contributed by atoms with Gasteiger partial charge in [-0.05, 0) is 31.0 Å². The lowest BCUT2D eigenvalue weighted by molar-refractivity contribution is 0.0708. The summed E-state index contributed by atoms with van der Waals surface area (Å²) in [6.07, 6.45) is 1.38. The van der Waals surface area contributed by atoms with Gasteiger partial charge in [-0.2, -0.15) is 0 Å². The molecule has 1 saturated heterocycles. The smallest absolute Gasteiger partial charge is 0.271 e. The molecule has 3 aromatic rings. The molecule has 0 saturated carbocycles. The summed E-state index contributed by atoms with van der Waals surface area (Å²) in [7, 11) is 4.49. The minimum absolute atomic E-state index is 0.0715. The molecule has 0 bridgehead atoms. The Hall–Kier alpha value is -3.73. The maximum Gasteiger partial charge on any atom is 0.271 e. The van der Waals surface area contributed by atoms with Crippen molar-refractivity contribution in [1.29, 1.82) is 0 Å². The summed E-state index contributed by atoms with van der Waals surface area (Å²) in [5.74, 6) is -0.716. The van der Waals surface area contributed by atoms with Gasteiger partial charge in [-0.3, -0.25) is 9.59 Å². The number of hydrogen-bond donors (Lipinski definition) is 1. The number of halogens is 2. The molecule has 1 fully saturated rings. The zero-order valence-corrected chi connectivity index (χ0v) is 21.5. The number of piperidine rings is 1. The number of nitrogens with one attached hydrogen (secondary N) is 1. The largest absolute Gasteiger partial charge is 0.493 e. The van der Waals surface area contributed by atoms with Crippen molar-refractivity contribution in [1.82, 2.24) is 15.2 Å². The van der Waals surface area contributed by atoms with Crippen LogP contribution in [0.25, 0.3) is 0 Å². The molecular weight excluding hydrogens is 504 g/mol. The lowest BCUT2D eigenvalue weighted by Gasteiger charge is -2.31. The van der Waals surface area contributed by atoms with Crippen molar-refractivity contribution in [2.24, 2.45) is 0 Å². The zero-order valence-electron chi connectivity index (χ0n) is 20.7. The van der Waals surface area contributed by atoms with Crippen molar-refractivity contribution < 1.29 is 32.6 Å². The molecule has 0 aliphatic carbocycles. The van der Waals surface area contributed by atoms with E-state index in [0.717, 1.165) is 17.1 Å². The number of aromatic nitrogens is 1. The summed E-state index contributed by atoms with van der Waals surface area (Å²) in [5.41, 5.74) is 0.828. The van der Waals surface area contributed by atoms with Gasteiger partial charge in [-0.1, -0.05) is 6.07 Å². The summed E-state index contributed by atoms with van der Waals surface area (Å²) >= 11 is 1.38. The third-order valence-corrected chi connectivity index (χ3v) is 7.28. The Morgan fingerprint density at radius 3 is 2.43 bits per heavy atom. The van der Waals surface area contributed by atoms with E-state index in [0.29, 0.717) is 48.7 Å². The fourth-order valence-electron chi connectivity index (χ4n) is 4.28. The number of ether oxygens (including phenoxy) is 3. The van der Waals surface area contributed by atoms with Crippen molar-refractivity contribution >= 4 is 23.2 Å². The monoisotopic (exact) mass is 531 g/mol. The van der Waals surface area contributed by atoms with Gasteiger partial charge in [0.1, 0.15) is 17.3 Å². The summed E-state index contributed by atoms with van der Waals surface area (Å²) in [4.78, 5) is 32.0. The summed E-state index contributed by atoms with van der Waals surface area (Å²) < 4.78 is 43.0. The molecule has 0 atom stereocenters. The van der Waals surface area contributed by atoms with E-state index in [1.54, 1.807) is 22.4 Å². The van der Waals surface area contributed by atoms with Crippen molar-refractivity contribution in [2.45, 2.75) is 25.3 Å². The number of benzene rings is 2. The lowest BCUT2D eigenvalue weighted by atomic mass is 9.97. The second-order valence-corrected chi connectivity index (χ2v) is 9.33. The van der Waals surface area contributed by atoms with Crippen molar-refractivity contribution in [2.75, 3.05) is 34.4 Å². The molecule has 2 heterocycles. The fourth-order valence-corrected chi connectivity index (χ4v) is 5.25. The SMILES string of the molecule is COc1ccc(C(=O)N2CCC(c3nc(C(=O)NCc4ccc(F)cc4F)cs3)CC2)c(OC)c1OC. The van der Waals surface area contributed by atoms with E-state index < -0.39 is 17.5 Å². The molecule has 196 valence electrons. The van der Waals surface area contributed by atoms with Crippen LogP contribution in [0.5, 0.6) is 17.2 Å². The predicted octanol–water partition coefficient (Wildman–Crippen LogP) is 4.40. The Balaban J connectivity index is 1.36. The van der Waals surface area contributed by atoms with Crippen LogP contribution in [0.1, 0.15) is 50.2 Å². The highest BCUT2D eigenvalue weighted by Gasteiger charge is 2.30. The lowest BCUT2D eigenvalue weighted by Crippen LogP contribution is -2.38. The number of hydrogen-bond acceptors (Lipinski definition) is 7. The second-order valence-electron chi connectivity index (χ2n) is 8.44. The normalized spacial score (nSPS) is 13.8. The topological polar surface area (TPSA) is 90.0 Å². The zero-order chi connectivity index (χ0) is 26.5. The first kappa shape index (κ1) is 26.3. The molecule has 0 unspecified atom stereocenters. The van der Waals surface area contributed by atoms with Gasteiger partial charge in [-0.25, -0.2) is 13.8 Å². The van der Waals surface area contributed by atoms with Gasteiger partial charge in [0.15, 0.2) is 11.5 Å². The second kappa shape index (κ2) is 11.5. The summed E-state index contributed by atoms with van der Waals surface area (Å²) in [6, 6.07) is 6.56. The van der Waals surface area contributed by atoms with Gasteiger partial charge in [0.05, 0.1) is 31.9 Å². The fraction of sp³-hybridized carbons (Fsp3) is 0.346. The van der Waals surface area contributed by atoms with Crippen LogP contribution in [0.15, 0.2) is 35.7 Å². The first-order valence-electron chi connectivity index (χ1n) is 11.6. The quantitative estimate of drug-likeness (QED) is 0.464. The highest BCUT2D eigenvalue weighted by atomic mass is 32.1. The van der Waals surface area contributed by atoms with E-state index in [1.165, 1.54) is 38.7 Å². The molecule has 0 spiro atoms. The minimum Gasteiger partial charge on any atom is -0.493 e. The van der Waals surface area contributed by atoms with Crippen LogP contribution < -0.4 is 19.5 Å². The number of amides is 2. The van der Waals surface area contributed by atoms with Crippen LogP contribution in [0.2, 0.25) is 0 Å². The third kappa shape index (κ3) is 5.66. The Labute approximate surface area is 217 Å². The molecule has 1 aliphatic heterocycles. The van der Waals surface area contributed by atoms with Gasteiger partial charge in [0.25, 0.3) is 11.8 Å². The van der Waals surface area contributed by atoms with Gasteiger partial charge in [0, 0.05) is 42.6 Å². The minimum atomic E-state index is -0.716. The number of methoxy groups -OCH3 is 3. The Morgan fingerprint density at radius 2 is 1.78 bits per heavy atom. The van der Waals surface area contributed by atoms with E-state index >= 15 is 0 Å². The highest BCUT2D eigenvalue weighted by Crippen LogP contribution is 2.40. The first-order chi connectivity index (χ1) is 17.9. The molecule has 37 heavy (non-hydrogen) atoms. The van der Waals surface area contributed by atoms with E-state index in [1.807, 2.05) is 0 Å². The molecule has 1 aliphatic rings. The first-order valence-corrected chi connectivity index (χ1v) is 12.5. The average molecular weight is 532 g/mol. The average Bonchev–Trinajstić information content (AvgIpc) is 3.41. The van der Waals surface area contributed by atoms with Crippen LogP contribution in [0, 0.1) is 11.6 Å². The summed E-state index contributed by atoms with van der Waals surface area (Å²) in [6.45, 7) is 0.968. The Morgan fingerprint density at radius 1 is 1.05 bits per heavy atom. The maximum atomic E-state index is 13.8. The van der Waals surface area contributed by atoms with Crippen LogP contribution >= 0.6 is 11.3 Å². The third-order valence-electron chi connectivity index (χ3n) is 6.28. The van der Waals surface area contributed by atoms with E-state index in [-0.39, 0.29) is 29.6 Å². The molecule has 11 heteroatoms. The maximum absolute atomic E-state index is 13.8. The van der Waals surface area contributed by atoms with Crippen LogP contribution in [0.3, 0.4) is 0 Å².